The van der Waals surface area contributed by atoms with Gasteiger partial charge in [-0.2, -0.15) is 0 Å². The van der Waals surface area contributed by atoms with Gasteiger partial charge in [0.2, 0.25) is 11.8 Å². The smallest absolute Gasteiger partial charge is 0.337 e. The van der Waals surface area contributed by atoms with Crippen molar-refractivity contribution in [1.29, 1.82) is 0 Å². The topological polar surface area (TPSA) is 84.5 Å². The van der Waals surface area contributed by atoms with Crippen LogP contribution in [0.25, 0.3) is 0 Å². The van der Waals surface area contributed by atoms with Crippen molar-refractivity contribution in [3.63, 3.8) is 0 Å². The van der Waals surface area contributed by atoms with Gasteiger partial charge < -0.3 is 15.4 Å². The van der Waals surface area contributed by atoms with E-state index in [0.717, 1.165) is 43.2 Å². The van der Waals surface area contributed by atoms with Gasteiger partial charge in [-0.05, 0) is 67.1 Å². The van der Waals surface area contributed by atoms with Crippen molar-refractivity contribution in [3.8, 4) is 0 Å². The van der Waals surface area contributed by atoms with Crippen molar-refractivity contribution in [3.05, 3.63) is 64.2 Å². The molecule has 2 amide bonds. The van der Waals surface area contributed by atoms with Gasteiger partial charge in [0, 0.05) is 23.2 Å². The highest BCUT2D eigenvalue weighted by molar-refractivity contribution is 6.30. The second kappa shape index (κ2) is 8.71. The molecular weight excluding hydrogens is 416 g/mol. The van der Waals surface area contributed by atoms with Crippen LogP contribution in [0.5, 0.6) is 0 Å². The van der Waals surface area contributed by atoms with Crippen molar-refractivity contribution in [2.45, 2.75) is 44.1 Å². The number of hydrogen-bond acceptors (Lipinski definition) is 4. The van der Waals surface area contributed by atoms with Gasteiger partial charge in [0.15, 0.2) is 0 Å². The quantitative estimate of drug-likeness (QED) is 0.631. The van der Waals surface area contributed by atoms with Crippen molar-refractivity contribution < 1.29 is 19.1 Å². The average molecular weight is 441 g/mol. The molecule has 0 spiro atoms. The summed E-state index contributed by atoms with van der Waals surface area (Å²) in [4.78, 5) is 37.4. The first-order valence-corrected chi connectivity index (χ1v) is 10.9. The maximum absolute atomic E-state index is 13.1. The van der Waals surface area contributed by atoms with Crippen LogP contribution in [-0.4, -0.2) is 24.9 Å². The van der Waals surface area contributed by atoms with E-state index in [4.69, 9.17) is 16.3 Å². The van der Waals surface area contributed by atoms with E-state index in [1.54, 1.807) is 30.3 Å². The summed E-state index contributed by atoms with van der Waals surface area (Å²) < 4.78 is 4.85. The number of carbonyl (C=O) groups excluding carboxylic acids is 3. The standard InChI is InChI=1S/C24H25ClN2O4/c1-31-22(29)17-11-15(14-26-21(28)16-3-2-4-16)12-20(13-17)27-23(30)24(9-10-24)18-5-7-19(25)8-6-18/h5-8,11-13,16H,2-4,9-10,14H2,1H3,(H,26,28)(H,27,30). The fourth-order valence-electron chi connectivity index (χ4n) is 3.90. The number of amides is 2. The van der Waals surface area contributed by atoms with Gasteiger partial charge >= 0.3 is 5.97 Å². The van der Waals surface area contributed by atoms with E-state index < -0.39 is 11.4 Å². The Kier molecular flexibility index (Phi) is 6.01. The van der Waals surface area contributed by atoms with Gasteiger partial charge in [0.1, 0.15) is 0 Å². The fourth-order valence-corrected chi connectivity index (χ4v) is 4.02. The van der Waals surface area contributed by atoms with Crippen molar-refractivity contribution in [2.75, 3.05) is 12.4 Å². The fraction of sp³-hybridized carbons (Fsp3) is 0.375. The van der Waals surface area contributed by atoms with Crippen LogP contribution >= 0.6 is 11.6 Å². The second-order valence-corrected chi connectivity index (χ2v) is 8.74. The third kappa shape index (κ3) is 4.59. The third-order valence-corrected chi connectivity index (χ3v) is 6.45. The lowest BCUT2D eigenvalue weighted by Gasteiger charge is -2.24. The summed E-state index contributed by atoms with van der Waals surface area (Å²) in [7, 11) is 1.31. The first kappa shape index (κ1) is 21.4. The zero-order valence-electron chi connectivity index (χ0n) is 17.4. The molecule has 2 aromatic carbocycles. The Balaban J connectivity index is 1.52. The monoisotopic (exact) mass is 440 g/mol. The zero-order valence-corrected chi connectivity index (χ0v) is 18.1. The van der Waals surface area contributed by atoms with Crippen molar-refractivity contribution in [2.24, 2.45) is 5.92 Å². The Morgan fingerprint density at radius 2 is 1.81 bits per heavy atom. The Morgan fingerprint density at radius 1 is 1.10 bits per heavy atom. The normalized spacial score (nSPS) is 16.7. The number of halogens is 1. The molecular formula is C24H25ClN2O4. The molecule has 0 atom stereocenters. The molecule has 2 aliphatic rings. The Hall–Kier alpha value is -2.86. The van der Waals surface area contributed by atoms with Crippen molar-refractivity contribution in [1.82, 2.24) is 5.32 Å². The van der Waals surface area contributed by atoms with Gasteiger partial charge in [-0.1, -0.05) is 30.2 Å². The van der Waals surface area contributed by atoms with E-state index in [9.17, 15) is 14.4 Å². The molecule has 0 saturated heterocycles. The van der Waals surface area contributed by atoms with Crippen LogP contribution in [0.4, 0.5) is 5.69 Å². The molecule has 0 heterocycles. The van der Waals surface area contributed by atoms with E-state index in [1.807, 2.05) is 12.1 Å². The summed E-state index contributed by atoms with van der Waals surface area (Å²) in [5.41, 5.74) is 1.89. The van der Waals surface area contributed by atoms with E-state index in [-0.39, 0.29) is 24.3 Å². The maximum Gasteiger partial charge on any atom is 0.337 e. The summed E-state index contributed by atoms with van der Waals surface area (Å²) in [5.74, 6) is -0.514. The summed E-state index contributed by atoms with van der Waals surface area (Å²) in [6.45, 7) is 0.283. The molecule has 2 aliphatic carbocycles. The summed E-state index contributed by atoms with van der Waals surface area (Å²) in [6, 6.07) is 12.4. The van der Waals surface area contributed by atoms with Gasteiger partial charge in [0.25, 0.3) is 0 Å². The van der Waals surface area contributed by atoms with Crippen LogP contribution in [0.1, 0.15) is 53.6 Å². The molecule has 2 aromatic rings. The molecule has 4 rings (SSSR count). The van der Waals surface area contributed by atoms with Gasteiger partial charge in [-0.3, -0.25) is 9.59 Å². The molecule has 2 N–H and O–H groups in total. The van der Waals surface area contributed by atoms with E-state index in [2.05, 4.69) is 10.6 Å². The minimum Gasteiger partial charge on any atom is -0.465 e. The van der Waals surface area contributed by atoms with Crippen LogP contribution in [0.2, 0.25) is 5.02 Å². The molecule has 0 radical (unpaired) electrons. The number of carbonyl (C=O) groups is 3. The largest absolute Gasteiger partial charge is 0.465 e. The molecule has 31 heavy (non-hydrogen) atoms. The number of ether oxygens (including phenoxy) is 1. The average Bonchev–Trinajstić information content (AvgIpc) is 3.53. The van der Waals surface area contributed by atoms with Gasteiger partial charge in [-0.25, -0.2) is 4.79 Å². The first-order valence-electron chi connectivity index (χ1n) is 10.5. The van der Waals surface area contributed by atoms with Crippen LogP contribution in [0.3, 0.4) is 0 Å². The van der Waals surface area contributed by atoms with Crippen LogP contribution in [-0.2, 0) is 26.3 Å². The molecule has 0 aliphatic heterocycles. The molecule has 0 unspecified atom stereocenters. The molecule has 162 valence electrons. The minimum absolute atomic E-state index is 0.0278. The number of benzene rings is 2. The van der Waals surface area contributed by atoms with Crippen LogP contribution in [0.15, 0.2) is 42.5 Å². The lowest BCUT2D eigenvalue weighted by molar-refractivity contribution is -0.127. The highest BCUT2D eigenvalue weighted by atomic mass is 35.5. The second-order valence-electron chi connectivity index (χ2n) is 8.30. The number of hydrogen-bond donors (Lipinski definition) is 2. The number of esters is 1. The van der Waals surface area contributed by atoms with Gasteiger partial charge in [0.05, 0.1) is 18.1 Å². The molecule has 2 fully saturated rings. The number of nitrogens with one attached hydrogen (secondary N) is 2. The lowest BCUT2D eigenvalue weighted by atomic mass is 9.85. The maximum atomic E-state index is 13.1. The predicted octanol–water partition coefficient (Wildman–Crippen LogP) is 4.21. The number of methoxy groups -OCH3 is 1. The Bertz CT molecular complexity index is 1010. The molecule has 7 heteroatoms. The van der Waals surface area contributed by atoms with Gasteiger partial charge in [-0.15, -0.1) is 0 Å². The highest BCUT2D eigenvalue weighted by Gasteiger charge is 2.51. The zero-order chi connectivity index (χ0) is 22.0. The first-order chi connectivity index (χ1) is 14.9. The molecule has 0 bridgehead atoms. The number of rotatable bonds is 7. The summed E-state index contributed by atoms with van der Waals surface area (Å²) >= 11 is 5.98. The molecule has 6 nitrogen and oxygen atoms in total. The number of anilines is 1. The van der Waals surface area contributed by atoms with E-state index >= 15 is 0 Å². The van der Waals surface area contributed by atoms with Crippen molar-refractivity contribution >= 4 is 35.1 Å². The van der Waals surface area contributed by atoms with E-state index in [0.29, 0.717) is 16.3 Å². The summed E-state index contributed by atoms with van der Waals surface area (Å²) in [6.07, 6.45) is 4.43. The SMILES string of the molecule is COC(=O)c1cc(CNC(=O)C2CCC2)cc(NC(=O)C2(c3ccc(Cl)cc3)CC2)c1. The van der Waals surface area contributed by atoms with Crippen LogP contribution in [0, 0.1) is 5.92 Å². The molecule has 0 aromatic heterocycles. The highest BCUT2D eigenvalue weighted by Crippen LogP contribution is 2.49. The Labute approximate surface area is 186 Å². The summed E-state index contributed by atoms with van der Waals surface area (Å²) in [5, 5.41) is 6.51. The van der Waals surface area contributed by atoms with Crippen LogP contribution < -0.4 is 10.6 Å². The molecule has 2 saturated carbocycles. The van der Waals surface area contributed by atoms with E-state index in [1.165, 1.54) is 7.11 Å². The third-order valence-electron chi connectivity index (χ3n) is 6.20. The minimum atomic E-state index is -0.579. The predicted molar refractivity (Wildman–Crippen MR) is 118 cm³/mol. The Morgan fingerprint density at radius 3 is 2.39 bits per heavy atom. The lowest BCUT2D eigenvalue weighted by Crippen LogP contribution is -2.34.